The number of hydrogen-bond donors (Lipinski definition) is 2. The minimum absolute atomic E-state index is 0.0638. The molecule has 0 aromatic carbocycles. The van der Waals surface area contributed by atoms with E-state index in [4.69, 9.17) is 0 Å². The molecule has 2 rings (SSSR count). The predicted octanol–water partition coefficient (Wildman–Crippen LogP) is -1.16. The van der Waals surface area contributed by atoms with E-state index < -0.39 is 12.2 Å². The van der Waals surface area contributed by atoms with Crippen LogP contribution >= 0.6 is 0 Å². The van der Waals surface area contributed by atoms with Crippen LogP contribution in [-0.4, -0.2) is 56.1 Å². The normalized spacial score (nSPS) is 25.0. The first kappa shape index (κ1) is 11.1. The highest BCUT2D eigenvalue weighted by atomic mass is 16.3. The summed E-state index contributed by atoms with van der Waals surface area (Å²) < 4.78 is 1.68. The molecule has 1 aromatic heterocycles. The molecular weight excluding hydrogens is 210 g/mol. The van der Waals surface area contributed by atoms with Crippen LogP contribution in [0.4, 0.5) is 0 Å². The standard InChI is InChI=1S/C10H15N3O3/c14-8-6-12(7-9(8)15)10(16)2-5-13-4-1-3-11-13/h1,3-4,8-9,14-15H,2,5-7H2/t8-,9+. The molecule has 1 aliphatic heterocycles. The molecule has 0 radical (unpaired) electrons. The molecule has 1 aliphatic rings. The molecule has 2 N–H and O–H groups in total. The van der Waals surface area contributed by atoms with Crippen molar-refractivity contribution in [1.29, 1.82) is 0 Å². The molecular formula is C10H15N3O3. The Kier molecular flexibility index (Phi) is 3.21. The molecule has 0 bridgehead atoms. The lowest BCUT2D eigenvalue weighted by Gasteiger charge is -2.14. The van der Waals surface area contributed by atoms with Crippen molar-refractivity contribution < 1.29 is 15.0 Å². The first-order valence-corrected chi connectivity index (χ1v) is 5.28. The number of aliphatic hydroxyl groups is 2. The van der Waals surface area contributed by atoms with Crippen LogP contribution in [0.1, 0.15) is 6.42 Å². The molecule has 1 aromatic rings. The maximum absolute atomic E-state index is 11.7. The Morgan fingerprint density at radius 3 is 2.62 bits per heavy atom. The third kappa shape index (κ3) is 2.40. The van der Waals surface area contributed by atoms with E-state index in [9.17, 15) is 15.0 Å². The molecule has 6 heteroatoms. The van der Waals surface area contributed by atoms with Gasteiger partial charge in [0.05, 0.1) is 12.2 Å². The van der Waals surface area contributed by atoms with E-state index in [1.165, 1.54) is 4.90 Å². The van der Waals surface area contributed by atoms with Crippen molar-refractivity contribution in [2.24, 2.45) is 0 Å². The number of aliphatic hydroxyl groups excluding tert-OH is 2. The van der Waals surface area contributed by atoms with Gasteiger partial charge in [-0.25, -0.2) is 0 Å². The van der Waals surface area contributed by atoms with Gasteiger partial charge >= 0.3 is 0 Å². The van der Waals surface area contributed by atoms with E-state index in [1.807, 2.05) is 0 Å². The summed E-state index contributed by atoms with van der Waals surface area (Å²) in [5.41, 5.74) is 0. The number of rotatable bonds is 3. The van der Waals surface area contributed by atoms with Crippen LogP contribution in [0.15, 0.2) is 18.5 Å². The second-order valence-corrected chi connectivity index (χ2v) is 3.95. The zero-order valence-electron chi connectivity index (χ0n) is 8.86. The van der Waals surface area contributed by atoms with Gasteiger partial charge in [0.15, 0.2) is 0 Å². The molecule has 0 aliphatic carbocycles. The lowest BCUT2D eigenvalue weighted by molar-refractivity contribution is -0.131. The number of aryl methyl sites for hydroxylation is 1. The average molecular weight is 225 g/mol. The summed E-state index contributed by atoms with van der Waals surface area (Å²) in [5.74, 6) is -0.0638. The van der Waals surface area contributed by atoms with E-state index in [-0.39, 0.29) is 19.0 Å². The van der Waals surface area contributed by atoms with Gasteiger partial charge in [-0.2, -0.15) is 5.10 Å². The fourth-order valence-electron chi connectivity index (χ4n) is 1.77. The zero-order valence-corrected chi connectivity index (χ0v) is 8.86. The average Bonchev–Trinajstić information content (AvgIpc) is 2.86. The lowest BCUT2D eigenvalue weighted by atomic mass is 10.3. The minimum atomic E-state index is -0.811. The van der Waals surface area contributed by atoms with E-state index in [0.717, 1.165) is 0 Å². The van der Waals surface area contributed by atoms with Crippen LogP contribution in [0.5, 0.6) is 0 Å². The minimum Gasteiger partial charge on any atom is -0.388 e. The number of nitrogens with zero attached hydrogens (tertiary/aromatic N) is 3. The van der Waals surface area contributed by atoms with Gasteiger partial charge in [-0.05, 0) is 6.07 Å². The fraction of sp³-hybridized carbons (Fsp3) is 0.600. The molecule has 1 amide bonds. The number of β-amino-alcohol motifs (C(OH)–C–C–N with tert-alkyl or cyclic N) is 2. The summed E-state index contributed by atoms with van der Waals surface area (Å²) in [6.45, 7) is 0.965. The largest absolute Gasteiger partial charge is 0.388 e. The number of aromatic nitrogens is 2. The maximum atomic E-state index is 11.7. The first-order chi connectivity index (χ1) is 7.66. The van der Waals surface area contributed by atoms with E-state index in [1.54, 1.807) is 23.1 Å². The molecule has 2 atom stereocenters. The molecule has 0 spiro atoms. The van der Waals surface area contributed by atoms with E-state index in [0.29, 0.717) is 13.0 Å². The van der Waals surface area contributed by atoms with Gasteiger partial charge in [-0.15, -0.1) is 0 Å². The summed E-state index contributed by atoms with van der Waals surface area (Å²) in [6.07, 6.45) is 2.16. The van der Waals surface area contributed by atoms with Gasteiger partial charge in [0.1, 0.15) is 0 Å². The van der Waals surface area contributed by atoms with Crippen molar-refractivity contribution in [3.8, 4) is 0 Å². The van der Waals surface area contributed by atoms with Crippen LogP contribution < -0.4 is 0 Å². The Labute approximate surface area is 93.1 Å². The van der Waals surface area contributed by atoms with Crippen LogP contribution in [0.3, 0.4) is 0 Å². The Balaban J connectivity index is 1.80. The highest BCUT2D eigenvalue weighted by Gasteiger charge is 2.31. The second kappa shape index (κ2) is 4.63. The van der Waals surface area contributed by atoms with Crippen molar-refractivity contribution in [3.63, 3.8) is 0 Å². The highest BCUT2D eigenvalue weighted by molar-refractivity contribution is 5.76. The van der Waals surface area contributed by atoms with Gasteiger partial charge in [-0.1, -0.05) is 0 Å². The van der Waals surface area contributed by atoms with Crippen molar-refractivity contribution in [2.75, 3.05) is 13.1 Å². The Hall–Kier alpha value is -1.40. The third-order valence-corrected chi connectivity index (χ3v) is 2.73. The zero-order chi connectivity index (χ0) is 11.5. The molecule has 88 valence electrons. The Bertz CT molecular complexity index is 342. The van der Waals surface area contributed by atoms with Crippen LogP contribution in [-0.2, 0) is 11.3 Å². The van der Waals surface area contributed by atoms with Gasteiger partial charge in [0, 0.05) is 38.4 Å². The number of hydrogen-bond acceptors (Lipinski definition) is 4. The van der Waals surface area contributed by atoms with Crippen molar-refractivity contribution in [3.05, 3.63) is 18.5 Å². The Morgan fingerprint density at radius 1 is 1.38 bits per heavy atom. The summed E-state index contributed by atoms with van der Waals surface area (Å²) in [7, 11) is 0. The SMILES string of the molecule is O=C(CCn1cccn1)N1C[C@@H](O)[C@@H](O)C1. The monoisotopic (exact) mass is 225 g/mol. The van der Waals surface area contributed by atoms with Gasteiger partial charge < -0.3 is 15.1 Å². The molecule has 0 unspecified atom stereocenters. The quantitative estimate of drug-likeness (QED) is 0.680. The van der Waals surface area contributed by atoms with Crippen LogP contribution in [0.25, 0.3) is 0 Å². The number of carbonyl (C=O) groups is 1. The molecule has 1 saturated heterocycles. The summed E-state index contributed by atoms with van der Waals surface area (Å²) in [6, 6.07) is 1.80. The second-order valence-electron chi connectivity index (χ2n) is 3.95. The number of amides is 1. The van der Waals surface area contributed by atoms with E-state index in [2.05, 4.69) is 5.10 Å². The summed E-state index contributed by atoms with van der Waals surface area (Å²) in [5, 5.41) is 22.6. The summed E-state index contributed by atoms with van der Waals surface area (Å²) in [4.78, 5) is 13.2. The van der Waals surface area contributed by atoms with Gasteiger partial charge in [0.2, 0.25) is 5.91 Å². The molecule has 6 nitrogen and oxygen atoms in total. The van der Waals surface area contributed by atoms with Crippen molar-refractivity contribution >= 4 is 5.91 Å². The van der Waals surface area contributed by atoms with Crippen LogP contribution in [0.2, 0.25) is 0 Å². The number of carbonyl (C=O) groups excluding carboxylic acids is 1. The van der Waals surface area contributed by atoms with E-state index >= 15 is 0 Å². The summed E-state index contributed by atoms with van der Waals surface area (Å²) >= 11 is 0. The molecule has 2 heterocycles. The topological polar surface area (TPSA) is 78.6 Å². The Morgan fingerprint density at radius 2 is 2.06 bits per heavy atom. The van der Waals surface area contributed by atoms with Crippen molar-refractivity contribution in [2.45, 2.75) is 25.2 Å². The highest BCUT2D eigenvalue weighted by Crippen LogP contribution is 2.11. The smallest absolute Gasteiger partial charge is 0.224 e. The first-order valence-electron chi connectivity index (χ1n) is 5.28. The molecule has 16 heavy (non-hydrogen) atoms. The maximum Gasteiger partial charge on any atom is 0.224 e. The van der Waals surface area contributed by atoms with Gasteiger partial charge in [-0.3, -0.25) is 9.48 Å². The number of likely N-dealkylation sites (tertiary alicyclic amines) is 1. The van der Waals surface area contributed by atoms with Crippen LogP contribution in [0, 0.1) is 0 Å². The molecule has 1 fully saturated rings. The van der Waals surface area contributed by atoms with Gasteiger partial charge in [0.25, 0.3) is 0 Å². The van der Waals surface area contributed by atoms with Crippen molar-refractivity contribution in [1.82, 2.24) is 14.7 Å². The lowest BCUT2D eigenvalue weighted by Crippen LogP contribution is -2.30. The third-order valence-electron chi connectivity index (χ3n) is 2.73. The predicted molar refractivity (Wildman–Crippen MR) is 55.4 cm³/mol. The fourth-order valence-corrected chi connectivity index (χ4v) is 1.77. The molecule has 0 saturated carbocycles.